The van der Waals surface area contributed by atoms with Crippen LogP contribution in [0.25, 0.3) is 0 Å². The molecule has 1 atom stereocenters. The summed E-state index contributed by atoms with van der Waals surface area (Å²) in [4.78, 5) is 8.75. The molecular formula is C11H17BrN2O. The third-order valence-corrected chi connectivity index (χ3v) is 2.90. The molecule has 0 saturated heterocycles. The average molecular weight is 273 g/mol. The molecule has 0 radical (unpaired) electrons. The predicted octanol–water partition coefficient (Wildman–Crippen LogP) is 2.98. The van der Waals surface area contributed by atoms with Gasteiger partial charge in [-0.3, -0.25) is 0 Å². The summed E-state index contributed by atoms with van der Waals surface area (Å²) in [7, 11) is 0. The summed E-state index contributed by atoms with van der Waals surface area (Å²) in [6.45, 7) is 6.12. The van der Waals surface area contributed by atoms with Gasteiger partial charge >= 0.3 is 0 Å². The van der Waals surface area contributed by atoms with Crippen LogP contribution in [0.5, 0.6) is 5.88 Å². The first-order chi connectivity index (χ1) is 7.11. The van der Waals surface area contributed by atoms with Crippen LogP contribution in [0.1, 0.15) is 32.9 Å². The lowest BCUT2D eigenvalue weighted by molar-refractivity contribution is 0.232. The molecule has 3 nitrogen and oxygen atoms in total. The first kappa shape index (κ1) is 12.4. The van der Waals surface area contributed by atoms with E-state index in [9.17, 15) is 0 Å². The summed E-state index contributed by atoms with van der Waals surface area (Å²) < 4.78 is 5.50. The van der Waals surface area contributed by atoms with Gasteiger partial charge in [-0.2, -0.15) is 0 Å². The Bertz CT molecular complexity index is 304. The van der Waals surface area contributed by atoms with E-state index in [1.54, 1.807) is 6.33 Å². The highest BCUT2D eigenvalue weighted by Gasteiger charge is 2.06. The molecule has 0 spiro atoms. The Morgan fingerprint density at radius 2 is 2.13 bits per heavy atom. The van der Waals surface area contributed by atoms with Gasteiger partial charge in [0.1, 0.15) is 6.33 Å². The van der Waals surface area contributed by atoms with Gasteiger partial charge in [0, 0.05) is 23.0 Å². The Morgan fingerprint density at radius 1 is 1.40 bits per heavy atom. The zero-order valence-corrected chi connectivity index (χ0v) is 11.0. The molecule has 0 aliphatic carbocycles. The largest absolute Gasteiger partial charge is 0.475 e. The molecule has 0 N–H and O–H groups in total. The molecule has 0 saturated carbocycles. The van der Waals surface area contributed by atoms with Crippen molar-refractivity contribution in [3.05, 3.63) is 18.1 Å². The summed E-state index contributed by atoms with van der Waals surface area (Å²) in [5.74, 6) is 0.658. The Labute approximate surface area is 99.4 Å². The number of hydrogen-bond donors (Lipinski definition) is 0. The van der Waals surface area contributed by atoms with Crippen LogP contribution in [-0.4, -0.2) is 20.9 Å². The highest BCUT2D eigenvalue weighted by Crippen LogP contribution is 2.14. The van der Waals surface area contributed by atoms with Gasteiger partial charge in [0.25, 0.3) is 0 Å². The Hall–Kier alpha value is -0.640. The zero-order valence-electron chi connectivity index (χ0n) is 9.40. The fraction of sp³-hybridized carbons (Fsp3) is 0.636. The van der Waals surface area contributed by atoms with Crippen LogP contribution in [0.2, 0.25) is 0 Å². The minimum absolute atomic E-state index is 0.152. The van der Waals surface area contributed by atoms with Crippen molar-refractivity contribution in [3.8, 4) is 5.88 Å². The third kappa shape index (κ3) is 4.60. The van der Waals surface area contributed by atoms with Gasteiger partial charge < -0.3 is 4.74 Å². The van der Waals surface area contributed by atoms with E-state index in [2.05, 4.69) is 32.8 Å². The van der Waals surface area contributed by atoms with Crippen LogP contribution < -0.4 is 4.74 Å². The molecule has 0 aromatic carbocycles. The average Bonchev–Trinajstić information content (AvgIpc) is 2.17. The molecule has 1 aromatic heterocycles. The van der Waals surface area contributed by atoms with Gasteiger partial charge in [-0.25, -0.2) is 9.97 Å². The molecule has 1 unspecified atom stereocenters. The molecule has 0 aliphatic heterocycles. The van der Waals surface area contributed by atoms with Crippen molar-refractivity contribution < 1.29 is 4.74 Å². The maximum atomic E-state index is 5.50. The molecule has 15 heavy (non-hydrogen) atoms. The topological polar surface area (TPSA) is 35.0 Å². The summed E-state index contributed by atoms with van der Waals surface area (Å²) in [6, 6.07) is 1.91. The standard InChI is InChI=1S/C11H17BrN2O/c1-4-9(12)5-10-6-11(14-7-13-10)15-8(2)3/h6-9H,4-5H2,1-3H3. The van der Waals surface area contributed by atoms with Crippen LogP contribution in [0.15, 0.2) is 12.4 Å². The fourth-order valence-corrected chi connectivity index (χ4v) is 1.50. The number of nitrogens with zero attached hydrogens (tertiary/aromatic N) is 2. The van der Waals surface area contributed by atoms with E-state index in [0.717, 1.165) is 18.5 Å². The monoisotopic (exact) mass is 272 g/mol. The maximum absolute atomic E-state index is 5.50. The highest BCUT2D eigenvalue weighted by atomic mass is 79.9. The van der Waals surface area contributed by atoms with Gasteiger partial charge in [0.15, 0.2) is 0 Å². The lowest BCUT2D eigenvalue weighted by Crippen LogP contribution is -2.09. The lowest BCUT2D eigenvalue weighted by atomic mass is 10.2. The molecule has 1 rings (SSSR count). The summed E-state index contributed by atoms with van der Waals surface area (Å²) >= 11 is 3.59. The van der Waals surface area contributed by atoms with E-state index in [1.165, 1.54) is 0 Å². The number of ether oxygens (including phenoxy) is 1. The summed E-state index contributed by atoms with van der Waals surface area (Å²) in [6.07, 6.45) is 3.71. The van der Waals surface area contributed by atoms with Crippen molar-refractivity contribution in [3.63, 3.8) is 0 Å². The fourth-order valence-electron chi connectivity index (χ4n) is 1.17. The van der Waals surface area contributed by atoms with Gasteiger partial charge in [-0.1, -0.05) is 22.9 Å². The molecule has 4 heteroatoms. The maximum Gasteiger partial charge on any atom is 0.216 e. The molecule has 0 aliphatic rings. The van der Waals surface area contributed by atoms with E-state index in [0.29, 0.717) is 10.7 Å². The minimum atomic E-state index is 0.152. The molecular weight excluding hydrogens is 256 g/mol. The Kier molecular flexibility index (Phi) is 5.02. The van der Waals surface area contributed by atoms with Crippen molar-refractivity contribution in [1.82, 2.24) is 9.97 Å². The van der Waals surface area contributed by atoms with Crippen molar-refractivity contribution in [2.24, 2.45) is 0 Å². The predicted molar refractivity (Wildman–Crippen MR) is 64.5 cm³/mol. The van der Waals surface area contributed by atoms with Crippen molar-refractivity contribution >= 4 is 15.9 Å². The van der Waals surface area contributed by atoms with E-state index in [-0.39, 0.29) is 6.10 Å². The minimum Gasteiger partial charge on any atom is -0.475 e. The second kappa shape index (κ2) is 6.05. The Morgan fingerprint density at radius 3 is 2.73 bits per heavy atom. The Balaban J connectivity index is 2.65. The van der Waals surface area contributed by atoms with Crippen molar-refractivity contribution in [1.29, 1.82) is 0 Å². The number of alkyl halides is 1. The zero-order chi connectivity index (χ0) is 11.3. The second-order valence-corrected chi connectivity index (χ2v) is 5.02. The van der Waals surface area contributed by atoms with Crippen molar-refractivity contribution in [2.45, 2.75) is 44.5 Å². The van der Waals surface area contributed by atoms with Crippen LogP contribution in [0.4, 0.5) is 0 Å². The lowest BCUT2D eigenvalue weighted by Gasteiger charge is -2.10. The highest BCUT2D eigenvalue weighted by molar-refractivity contribution is 9.09. The number of rotatable bonds is 5. The summed E-state index contributed by atoms with van der Waals surface area (Å²) in [5.41, 5.74) is 1.02. The van der Waals surface area contributed by atoms with Crippen molar-refractivity contribution in [2.75, 3.05) is 0 Å². The molecule has 0 bridgehead atoms. The second-order valence-electron chi connectivity index (χ2n) is 3.72. The van der Waals surface area contributed by atoms with Gasteiger partial charge in [0.2, 0.25) is 5.88 Å². The molecule has 84 valence electrons. The normalized spacial score (nSPS) is 12.9. The van der Waals surface area contributed by atoms with Crippen LogP contribution in [0.3, 0.4) is 0 Å². The van der Waals surface area contributed by atoms with Gasteiger partial charge in [-0.05, 0) is 20.3 Å². The quantitative estimate of drug-likeness (QED) is 0.773. The smallest absolute Gasteiger partial charge is 0.216 e. The summed E-state index contributed by atoms with van der Waals surface area (Å²) in [5, 5.41) is 0. The van der Waals surface area contributed by atoms with E-state index >= 15 is 0 Å². The van der Waals surface area contributed by atoms with Crippen LogP contribution in [0, 0.1) is 0 Å². The molecule has 0 fully saturated rings. The molecule has 1 heterocycles. The molecule has 1 aromatic rings. The van der Waals surface area contributed by atoms with E-state index < -0.39 is 0 Å². The SMILES string of the molecule is CCC(Br)Cc1cc(OC(C)C)ncn1. The molecule has 0 amide bonds. The first-order valence-electron chi connectivity index (χ1n) is 5.23. The van der Waals surface area contributed by atoms with Crippen LogP contribution >= 0.6 is 15.9 Å². The number of hydrogen-bond acceptors (Lipinski definition) is 3. The third-order valence-electron chi connectivity index (χ3n) is 1.93. The van der Waals surface area contributed by atoms with Crippen LogP contribution in [-0.2, 0) is 6.42 Å². The van der Waals surface area contributed by atoms with E-state index in [4.69, 9.17) is 4.74 Å². The van der Waals surface area contributed by atoms with Gasteiger partial charge in [0.05, 0.1) is 6.10 Å². The first-order valence-corrected chi connectivity index (χ1v) is 6.15. The number of halogens is 1. The number of aromatic nitrogens is 2. The van der Waals surface area contributed by atoms with E-state index in [1.807, 2.05) is 19.9 Å². The van der Waals surface area contributed by atoms with Gasteiger partial charge in [-0.15, -0.1) is 0 Å².